The fraction of sp³-hybridized carbons (Fsp3) is 0.278. The van der Waals surface area contributed by atoms with Crippen LogP contribution in [0.4, 0.5) is 11.6 Å². The molecular formula is C18H20N6. The minimum absolute atomic E-state index is 0.476. The van der Waals surface area contributed by atoms with E-state index in [4.69, 9.17) is 0 Å². The van der Waals surface area contributed by atoms with Gasteiger partial charge in [-0.1, -0.05) is 18.2 Å². The Labute approximate surface area is 141 Å². The Balaban J connectivity index is 1.61. The molecule has 4 rings (SSSR count). The van der Waals surface area contributed by atoms with Crippen molar-refractivity contribution in [2.24, 2.45) is 0 Å². The Hall–Kier alpha value is -2.73. The van der Waals surface area contributed by atoms with Crippen molar-refractivity contribution in [2.75, 3.05) is 18.4 Å². The highest BCUT2D eigenvalue weighted by Gasteiger charge is 2.19. The van der Waals surface area contributed by atoms with Gasteiger partial charge in [-0.2, -0.15) is 0 Å². The summed E-state index contributed by atoms with van der Waals surface area (Å²) in [6.45, 7) is 2.10. The van der Waals surface area contributed by atoms with E-state index >= 15 is 0 Å². The summed E-state index contributed by atoms with van der Waals surface area (Å²) in [4.78, 5) is 13.5. The molecule has 1 aromatic carbocycles. The van der Waals surface area contributed by atoms with Crippen molar-refractivity contribution in [3.05, 3.63) is 55.0 Å². The normalized spacial score (nSPS) is 15.3. The summed E-state index contributed by atoms with van der Waals surface area (Å²) in [5.74, 6) is 1.49. The van der Waals surface area contributed by atoms with Gasteiger partial charge >= 0.3 is 0 Å². The highest BCUT2D eigenvalue weighted by Crippen LogP contribution is 2.25. The molecule has 1 aliphatic rings. The Morgan fingerprint density at radius 1 is 1.00 bits per heavy atom. The first-order valence-electron chi connectivity index (χ1n) is 8.29. The molecule has 1 fully saturated rings. The molecule has 3 aromatic rings. The number of anilines is 2. The van der Waals surface area contributed by atoms with Gasteiger partial charge in [0.1, 0.15) is 5.69 Å². The first kappa shape index (κ1) is 14.8. The molecular weight excluding hydrogens is 300 g/mol. The predicted molar refractivity (Wildman–Crippen MR) is 94.1 cm³/mol. The van der Waals surface area contributed by atoms with Crippen LogP contribution in [-0.2, 0) is 0 Å². The minimum atomic E-state index is 0.476. The van der Waals surface area contributed by atoms with E-state index in [1.807, 2.05) is 42.6 Å². The summed E-state index contributed by atoms with van der Waals surface area (Å²) in [7, 11) is 0. The molecule has 2 aromatic heterocycles. The number of hydrogen-bond donors (Lipinski definition) is 2. The molecule has 24 heavy (non-hydrogen) atoms. The SMILES string of the molecule is c1ccc(Nc2nccc(-c3nccn3C3CCNCC3)n2)cc1. The number of para-hydroxylation sites is 1. The van der Waals surface area contributed by atoms with Crippen LogP contribution < -0.4 is 10.6 Å². The summed E-state index contributed by atoms with van der Waals surface area (Å²) in [6.07, 6.45) is 7.91. The Bertz CT molecular complexity index is 792. The number of nitrogens with zero attached hydrogens (tertiary/aromatic N) is 4. The van der Waals surface area contributed by atoms with Gasteiger partial charge in [-0.3, -0.25) is 0 Å². The topological polar surface area (TPSA) is 67.7 Å². The molecule has 0 spiro atoms. The van der Waals surface area contributed by atoms with Crippen LogP contribution in [0.1, 0.15) is 18.9 Å². The summed E-state index contributed by atoms with van der Waals surface area (Å²) >= 11 is 0. The lowest BCUT2D eigenvalue weighted by molar-refractivity contribution is 0.370. The van der Waals surface area contributed by atoms with E-state index in [0.717, 1.165) is 43.1 Å². The molecule has 6 heteroatoms. The third-order valence-electron chi connectivity index (χ3n) is 4.29. The number of piperidine rings is 1. The molecule has 3 heterocycles. The number of hydrogen-bond acceptors (Lipinski definition) is 5. The van der Waals surface area contributed by atoms with Crippen molar-refractivity contribution < 1.29 is 0 Å². The van der Waals surface area contributed by atoms with Crippen LogP contribution in [-0.4, -0.2) is 32.6 Å². The van der Waals surface area contributed by atoms with E-state index in [2.05, 4.69) is 36.3 Å². The van der Waals surface area contributed by atoms with Crippen molar-refractivity contribution >= 4 is 11.6 Å². The summed E-state index contributed by atoms with van der Waals surface area (Å²) < 4.78 is 2.25. The largest absolute Gasteiger partial charge is 0.327 e. The van der Waals surface area contributed by atoms with E-state index in [9.17, 15) is 0 Å². The van der Waals surface area contributed by atoms with Crippen molar-refractivity contribution in [3.8, 4) is 11.5 Å². The zero-order valence-electron chi connectivity index (χ0n) is 13.4. The molecule has 0 atom stereocenters. The molecule has 2 N–H and O–H groups in total. The second-order valence-electron chi connectivity index (χ2n) is 5.90. The van der Waals surface area contributed by atoms with Crippen LogP contribution in [0.2, 0.25) is 0 Å². The number of aromatic nitrogens is 4. The van der Waals surface area contributed by atoms with Crippen molar-refractivity contribution in [3.63, 3.8) is 0 Å². The van der Waals surface area contributed by atoms with Gasteiger partial charge in [0, 0.05) is 30.3 Å². The van der Waals surface area contributed by atoms with Crippen LogP contribution in [0.15, 0.2) is 55.0 Å². The predicted octanol–water partition coefficient (Wildman–Crippen LogP) is 3.01. The van der Waals surface area contributed by atoms with Crippen LogP contribution in [0.5, 0.6) is 0 Å². The quantitative estimate of drug-likeness (QED) is 0.773. The van der Waals surface area contributed by atoms with Crippen molar-refractivity contribution in [1.29, 1.82) is 0 Å². The first-order chi connectivity index (χ1) is 11.9. The zero-order valence-corrected chi connectivity index (χ0v) is 13.4. The second-order valence-corrected chi connectivity index (χ2v) is 5.90. The minimum Gasteiger partial charge on any atom is -0.327 e. The van der Waals surface area contributed by atoms with Crippen molar-refractivity contribution in [1.82, 2.24) is 24.8 Å². The van der Waals surface area contributed by atoms with Gasteiger partial charge in [-0.25, -0.2) is 15.0 Å². The zero-order chi connectivity index (χ0) is 16.2. The third-order valence-corrected chi connectivity index (χ3v) is 4.29. The fourth-order valence-electron chi connectivity index (χ4n) is 3.08. The standard InChI is InChI=1S/C18H20N6/c1-2-4-14(5-3-1)22-18-21-11-8-16(23-18)17-20-12-13-24(17)15-6-9-19-10-7-15/h1-5,8,11-13,15,19H,6-7,9-10H2,(H,21,22,23). The van der Waals surface area contributed by atoms with Gasteiger partial charge in [-0.05, 0) is 44.1 Å². The van der Waals surface area contributed by atoms with E-state index in [1.54, 1.807) is 6.20 Å². The first-order valence-corrected chi connectivity index (χ1v) is 8.29. The smallest absolute Gasteiger partial charge is 0.227 e. The third kappa shape index (κ3) is 3.14. The average Bonchev–Trinajstić information content (AvgIpc) is 3.13. The summed E-state index contributed by atoms with van der Waals surface area (Å²) in [6, 6.07) is 12.3. The molecule has 0 unspecified atom stereocenters. The lowest BCUT2D eigenvalue weighted by atomic mass is 10.1. The molecule has 122 valence electrons. The molecule has 0 bridgehead atoms. The van der Waals surface area contributed by atoms with Crippen molar-refractivity contribution in [2.45, 2.75) is 18.9 Å². The molecule has 0 amide bonds. The van der Waals surface area contributed by atoms with Crippen LogP contribution >= 0.6 is 0 Å². The lowest BCUT2D eigenvalue weighted by Crippen LogP contribution is -2.29. The number of imidazole rings is 1. The fourth-order valence-corrected chi connectivity index (χ4v) is 3.08. The molecule has 0 aliphatic carbocycles. The van der Waals surface area contributed by atoms with Crippen LogP contribution in [0, 0.1) is 0 Å². The number of nitrogens with one attached hydrogen (secondary N) is 2. The van der Waals surface area contributed by atoms with Gasteiger partial charge in [0.15, 0.2) is 5.82 Å². The highest BCUT2D eigenvalue weighted by molar-refractivity contribution is 5.57. The van der Waals surface area contributed by atoms with E-state index in [0.29, 0.717) is 12.0 Å². The maximum Gasteiger partial charge on any atom is 0.227 e. The molecule has 6 nitrogen and oxygen atoms in total. The van der Waals surface area contributed by atoms with Gasteiger partial charge in [0.25, 0.3) is 0 Å². The summed E-state index contributed by atoms with van der Waals surface area (Å²) in [5, 5.41) is 6.64. The van der Waals surface area contributed by atoms with E-state index in [1.165, 1.54) is 0 Å². The number of benzene rings is 1. The lowest BCUT2D eigenvalue weighted by Gasteiger charge is -2.25. The monoisotopic (exact) mass is 320 g/mol. The molecule has 0 saturated carbocycles. The summed E-state index contributed by atoms with van der Waals surface area (Å²) in [5.41, 5.74) is 1.81. The van der Waals surface area contributed by atoms with Gasteiger partial charge in [0.2, 0.25) is 5.95 Å². The molecule has 1 aliphatic heterocycles. The van der Waals surface area contributed by atoms with Gasteiger partial charge in [0.05, 0.1) is 0 Å². The van der Waals surface area contributed by atoms with Crippen LogP contribution in [0.25, 0.3) is 11.5 Å². The molecule has 0 radical (unpaired) electrons. The average molecular weight is 320 g/mol. The molecule has 1 saturated heterocycles. The highest BCUT2D eigenvalue weighted by atomic mass is 15.1. The Kier molecular flexibility index (Phi) is 4.20. The van der Waals surface area contributed by atoms with Gasteiger partial charge in [-0.15, -0.1) is 0 Å². The van der Waals surface area contributed by atoms with Gasteiger partial charge < -0.3 is 15.2 Å². The van der Waals surface area contributed by atoms with E-state index < -0.39 is 0 Å². The number of rotatable bonds is 4. The maximum atomic E-state index is 4.64. The maximum absolute atomic E-state index is 4.64. The van der Waals surface area contributed by atoms with Crippen LogP contribution in [0.3, 0.4) is 0 Å². The second kappa shape index (κ2) is 6.80. The van der Waals surface area contributed by atoms with E-state index in [-0.39, 0.29) is 0 Å². The Morgan fingerprint density at radius 2 is 1.83 bits per heavy atom. The Morgan fingerprint density at radius 3 is 2.67 bits per heavy atom.